The van der Waals surface area contributed by atoms with Crippen LogP contribution in [0.5, 0.6) is 0 Å². The van der Waals surface area contributed by atoms with E-state index in [4.69, 9.17) is 5.11 Å². The zero-order chi connectivity index (χ0) is 17.8. The van der Waals surface area contributed by atoms with Gasteiger partial charge in [0.05, 0.1) is 18.3 Å². The first-order valence-electron chi connectivity index (χ1n) is 7.33. The van der Waals surface area contributed by atoms with E-state index in [0.29, 0.717) is 12.4 Å². The lowest BCUT2D eigenvalue weighted by molar-refractivity contribution is -0.137. The lowest BCUT2D eigenvalue weighted by Gasteiger charge is -2.02. The van der Waals surface area contributed by atoms with Crippen molar-refractivity contribution in [2.75, 3.05) is 5.32 Å². The third-order valence-electron chi connectivity index (χ3n) is 3.33. The first kappa shape index (κ1) is 16.4. The number of amides is 1. The van der Waals surface area contributed by atoms with Crippen LogP contribution in [-0.2, 0) is 17.9 Å². The van der Waals surface area contributed by atoms with Crippen LogP contribution in [0.2, 0.25) is 0 Å². The molecule has 3 aromatic rings. The fraction of sp³-hybridized carbons (Fsp3) is 0.125. The van der Waals surface area contributed by atoms with Gasteiger partial charge in [-0.3, -0.25) is 19.0 Å². The van der Waals surface area contributed by atoms with Gasteiger partial charge in [0.2, 0.25) is 0 Å². The quantitative estimate of drug-likeness (QED) is 0.708. The molecule has 3 rings (SSSR count). The number of carbonyl (C=O) groups excluding carboxylic acids is 1. The number of carbonyl (C=O) groups is 2. The zero-order valence-corrected chi connectivity index (χ0v) is 13.0. The minimum Gasteiger partial charge on any atom is -0.480 e. The summed E-state index contributed by atoms with van der Waals surface area (Å²) in [6.07, 6.45) is 4.32. The summed E-state index contributed by atoms with van der Waals surface area (Å²) in [6.45, 7) is 0.117. The van der Waals surface area contributed by atoms with Crippen LogP contribution in [0.15, 0.2) is 48.9 Å². The Hall–Kier alpha value is -3.49. The lowest BCUT2D eigenvalue weighted by Crippen LogP contribution is -2.13. The van der Waals surface area contributed by atoms with Gasteiger partial charge in [0, 0.05) is 18.5 Å². The monoisotopic (exact) mass is 343 g/mol. The fourth-order valence-corrected chi connectivity index (χ4v) is 2.19. The van der Waals surface area contributed by atoms with Crippen molar-refractivity contribution in [1.82, 2.24) is 19.6 Å². The third kappa shape index (κ3) is 4.28. The summed E-state index contributed by atoms with van der Waals surface area (Å²) in [7, 11) is 0. The zero-order valence-electron chi connectivity index (χ0n) is 13.0. The average molecular weight is 343 g/mol. The van der Waals surface area contributed by atoms with Crippen LogP contribution in [0.1, 0.15) is 15.9 Å². The SMILES string of the molecule is O=C(O)Cn1cc(C(=O)Nc2ccn(Cc3ccc(F)cc3)n2)cn1. The van der Waals surface area contributed by atoms with Crippen molar-refractivity contribution in [1.29, 1.82) is 0 Å². The van der Waals surface area contributed by atoms with Crippen LogP contribution in [0.3, 0.4) is 0 Å². The Morgan fingerprint density at radius 3 is 2.64 bits per heavy atom. The molecule has 0 aliphatic carbocycles. The van der Waals surface area contributed by atoms with Gasteiger partial charge in [0.1, 0.15) is 12.4 Å². The number of halogens is 1. The number of rotatable bonds is 6. The number of hydrogen-bond acceptors (Lipinski definition) is 4. The first-order valence-corrected chi connectivity index (χ1v) is 7.33. The van der Waals surface area contributed by atoms with Crippen LogP contribution in [0.25, 0.3) is 0 Å². The molecular weight excluding hydrogens is 329 g/mol. The van der Waals surface area contributed by atoms with Gasteiger partial charge in [0.25, 0.3) is 5.91 Å². The second kappa shape index (κ2) is 6.95. The summed E-state index contributed by atoms with van der Waals surface area (Å²) in [6, 6.07) is 7.69. The number of carboxylic acids is 1. The number of aromatic nitrogens is 4. The maximum atomic E-state index is 12.9. The highest BCUT2D eigenvalue weighted by atomic mass is 19.1. The standard InChI is InChI=1S/C16H14FN5O3/c17-13-3-1-11(2-4-13)8-21-6-5-14(20-21)19-16(25)12-7-18-22(9-12)10-15(23)24/h1-7,9H,8,10H2,(H,23,24)(H,19,20,25). The molecule has 0 saturated carbocycles. The van der Waals surface area contributed by atoms with Gasteiger partial charge in [-0.2, -0.15) is 10.2 Å². The number of carboxylic acid groups (broad SMARTS) is 1. The molecule has 8 nitrogen and oxygen atoms in total. The van der Waals surface area contributed by atoms with Gasteiger partial charge in [-0.25, -0.2) is 4.39 Å². The molecule has 0 spiro atoms. The van der Waals surface area contributed by atoms with E-state index in [0.717, 1.165) is 10.2 Å². The van der Waals surface area contributed by atoms with Gasteiger partial charge in [0.15, 0.2) is 5.82 Å². The van der Waals surface area contributed by atoms with E-state index in [1.54, 1.807) is 29.1 Å². The number of nitrogens with zero attached hydrogens (tertiary/aromatic N) is 4. The summed E-state index contributed by atoms with van der Waals surface area (Å²) in [4.78, 5) is 22.7. The van der Waals surface area contributed by atoms with Gasteiger partial charge < -0.3 is 10.4 Å². The predicted molar refractivity (Wildman–Crippen MR) is 85.5 cm³/mol. The van der Waals surface area contributed by atoms with Crippen LogP contribution >= 0.6 is 0 Å². The Labute approximate surface area is 141 Å². The fourth-order valence-electron chi connectivity index (χ4n) is 2.19. The number of hydrogen-bond donors (Lipinski definition) is 2. The van der Waals surface area contributed by atoms with E-state index in [1.807, 2.05) is 0 Å². The topological polar surface area (TPSA) is 102 Å². The minimum atomic E-state index is -1.05. The number of benzene rings is 1. The van der Waals surface area contributed by atoms with E-state index in [2.05, 4.69) is 15.5 Å². The Morgan fingerprint density at radius 1 is 1.16 bits per heavy atom. The summed E-state index contributed by atoms with van der Waals surface area (Å²) >= 11 is 0. The Kier molecular flexibility index (Phi) is 4.55. The second-order valence-corrected chi connectivity index (χ2v) is 5.30. The minimum absolute atomic E-state index is 0.231. The molecule has 25 heavy (non-hydrogen) atoms. The summed E-state index contributed by atoms with van der Waals surface area (Å²) in [5.41, 5.74) is 1.10. The largest absolute Gasteiger partial charge is 0.480 e. The van der Waals surface area contributed by atoms with Crippen LogP contribution in [0.4, 0.5) is 10.2 Å². The molecule has 0 aliphatic heterocycles. The molecule has 128 valence electrons. The van der Waals surface area contributed by atoms with E-state index in [9.17, 15) is 14.0 Å². The van der Waals surface area contributed by atoms with Crippen molar-refractivity contribution in [3.8, 4) is 0 Å². The summed E-state index contributed by atoms with van der Waals surface area (Å²) in [5, 5.41) is 19.3. The van der Waals surface area contributed by atoms with Crippen LogP contribution < -0.4 is 5.32 Å². The number of nitrogens with one attached hydrogen (secondary N) is 1. The summed E-state index contributed by atoms with van der Waals surface area (Å²) in [5.74, 6) is -1.45. The predicted octanol–water partition coefficient (Wildman–Crippen LogP) is 1.60. The highest BCUT2D eigenvalue weighted by molar-refractivity contribution is 6.03. The molecule has 1 aromatic carbocycles. The van der Waals surface area contributed by atoms with Gasteiger partial charge in [-0.1, -0.05) is 12.1 Å². The molecule has 9 heteroatoms. The highest BCUT2D eigenvalue weighted by Gasteiger charge is 2.11. The molecule has 0 radical (unpaired) electrons. The molecule has 0 bridgehead atoms. The summed E-state index contributed by atoms with van der Waals surface area (Å²) < 4.78 is 15.7. The molecule has 0 atom stereocenters. The van der Waals surface area contributed by atoms with E-state index >= 15 is 0 Å². The van der Waals surface area contributed by atoms with Crippen LogP contribution in [0, 0.1) is 5.82 Å². The van der Waals surface area contributed by atoms with Crippen molar-refractivity contribution in [2.45, 2.75) is 13.1 Å². The molecular formula is C16H14FN5O3. The average Bonchev–Trinajstić information content (AvgIpc) is 3.19. The van der Waals surface area contributed by atoms with Gasteiger partial charge in [-0.15, -0.1) is 0 Å². The van der Waals surface area contributed by atoms with Crippen LogP contribution in [-0.4, -0.2) is 36.5 Å². The Morgan fingerprint density at radius 2 is 1.92 bits per heavy atom. The number of anilines is 1. The molecule has 1 amide bonds. The van der Waals surface area contributed by atoms with Gasteiger partial charge >= 0.3 is 5.97 Å². The molecule has 0 aliphatic rings. The first-order chi connectivity index (χ1) is 12.0. The van der Waals surface area contributed by atoms with Crippen molar-refractivity contribution >= 4 is 17.7 Å². The Balaban J connectivity index is 1.62. The van der Waals surface area contributed by atoms with E-state index in [-0.39, 0.29) is 17.9 Å². The van der Waals surface area contributed by atoms with Crippen molar-refractivity contribution in [2.24, 2.45) is 0 Å². The molecule has 0 saturated heterocycles. The smallest absolute Gasteiger partial charge is 0.325 e. The molecule has 0 unspecified atom stereocenters. The van der Waals surface area contributed by atoms with E-state index < -0.39 is 11.9 Å². The van der Waals surface area contributed by atoms with E-state index in [1.165, 1.54) is 24.5 Å². The maximum absolute atomic E-state index is 12.9. The molecule has 0 fully saturated rings. The number of aliphatic carboxylic acids is 1. The van der Waals surface area contributed by atoms with Crippen molar-refractivity contribution in [3.63, 3.8) is 0 Å². The molecule has 2 aromatic heterocycles. The van der Waals surface area contributed by atoms with Gasteiger partial charge in [-0.05, 0) is 17.7 Å². The molecule has 2 heterocycles. The third-order valence-corrected chi connectivity index (χ3v) is 3.33. The highest BCUT2D eigenvalue weighted by Crippen LogP contribution is 2.09. The lowest BCUT2D eigenvalue weighted by atomic mass is 10.2. The Bertz CT molecular complexity index is 901. The maximum Gasteiger partial charge on any atom is 0.325 e. The molecule has 2 N–H and O–H groups in total. The van der Waals surface area contributed by atoms with Crippen molar-refractivity contribution in [3.05, 3.63) is 65.9 Å². The second-order valence-electron chi connectivity index (χ2n) is 5.30. The normalized spacial score (nSPS) is 10.6. The van der Waals surface area contributed by atoms with Crippen molar-refractivity contribution < 1.29 is 19.1 Å².